The van der Waals surface area contributed by atoms with Crippen molar-refractivity contribution in [3.63, 3.8) is 0 Å². The normalized spacial score (nSPS) is 12.6. The largest absolute Gasteiger partial charge is 0.399 e. The predicted molar refractivity (Wildman–Crippen MR) is 73.6 cm³/mol. The zero-order valence-electron chi connectivity index (χ0n) is 11.5. The lowest BCUT2D eigenvalue weighted by Gasteiger charge is -2.13. The van der Waals surface area contributed by atoms with Crippen molar-refractivity contribution < 1.29 is 4.74 Å². The molecule has 1 aromatic heterocycles. The number of nitrogen functional groups attached to an aromatic ring is 1. The topological polar surface area (TPSA) is 78.8 Å². The van der Waals surface area contributed by atoms with E-state index in [1.807, 2.05) is 39.0 Å². The van der Waals surface area contributed by atoms with Crippen LogP contribution in [0.5, 0.6) is 0 Å². The fourth-order valence-corrected chi connectivity index (χ4v) is 1.85. The Balaban J connectivity index is 2.30. The Morgan fingerprint density at radius 2 is 2.21 bits per heavy atom. The lowest BCUT2D eigenvalue weighted by molar-refractivity contribution is 0.115. The summed E-state index contributed by atoms with van der Waals surface area (Å²) in [7, 11) is 0. The zero-order chi connectivity index (χ0) is 13.8. The summed E-state index contributed by atoms with van der Waals surface area (Å²) < 4.78 is 7.19. The van der Waals surface area contributed by atoms with E-state index in [0.29, 0.717) is 13.2 Å². The minimum atomic E-state index is 0.0859. The van der Waals surface area contributed by atoms with Crippen LogP contribution >= 0.6 is 0 Å². The van der Waals surface area contributed by atoms with Gasteiger partial charge in [0.05, 0.1) is 12.6 Å². The molecule has 0 aliphatic rings. The van der Waals surface area contributed by atoms with E-state index in [1.165, 1.54) is 0 Å². The average Bonchev–Trinajstić information content (AvgIpc) is 2.88. The summed E-state index contributed by atoms with van der Waals surface area (Å²) in [5.41, 5.74) is 8.57. The fourth-order valence-electron chi connectivity index (χ4n) is 1.85. The fraction of sp³-hybridized carbons (Fsp3) is 0.462. The molecule has 1 aromatic carbocycles. The van der Waals surface area contributed by atoms with E-state index in [-0.39, 0.29) is 6.04 Å². The highest BCUT2D eigenvalue weighted by molar-refractivity contribution is 5.61. The van der Waals surface area contributed by atoms with Crippen LogP contribution in [0, 0.1) is 6.92 Å². The van der Waals surface area contributed by atoms with Gasteiger partial charge in [-0.15, -0.1) is 5.10 Å². The molecule has 0 spiro atoms. The van der Waals surface area contributed by atoms with E-state index in [0.717, 1.165) is 22.6 Å². The van der Waals surface area contributed by atoms with Crippen LogP contribution in [0.15, 0.2) is 18.2 Å². The summed E-state index contributed by atoms with van der Waals surface area (Å²) in [4.78, 5) is 0. The number of aryl methyl sites for hydroxylation is 1. The average molecular weight is 261 g/mol. The lowest BCUT2D eigenvalue weighted by Crippen LogP contribution is -2.15. The van der Waals surface area contributed by atoms with E-state index in [1.54, 1.807) is 4.68 Å². The maximum Gasteiger partial charge on any atom is 0.182 e. The van der Waals surface area contributed by atoms with Crippen molar-refractivity contribution in [3.05, 3.63) is 23.8 Å². The van der Waals surface area contributed by atoms with Crippen LogP contribution < -0.4 is 5.73 Å². The number of aromatic nitrogens is 4. The first-order valence-corrected chi connectivity index (χ1v) is 6.35. The van der Waals surface area contributed by atoms with Gasteiger partial charge in [-0.1, -0.05) is 0 Å². The monoisotopic (exact) mass is 261 g/mol. The van der Waals surface area contributed by atoms with Gasteiger partial charge in [-0.2, -0.15) is 0 Å². The highest BCUT2D eigenvalue weighted by atomic mass is 16.5. The van der Waals surface area contributed by atoms with Crippen LogP contribution in [-0.2, 0) is 4.74 Å². The molecule has 102 valence electrons. The van der Waals surface area contributed by atoms with Crippen LogP contribution in [0.2, 0.25) is 0 Å². The van der Waals surface area contributed by atoms with Crippen LogP contribution in [0.4, 0.5) is 5.69 Å². The molecule has 6 heteroatoms. The van der Waals surface area contributed by atoms with Gasteiger partial charge >= 0.3 is 0 Å². The molecular weight excluding hydrogens is 242 g/mol. The Labute approximate surface area is 112 Å². The number of anilines is 1. The van der Waals surface area contributed by atoms with Crippen LogP contribution in [-0.4, -0.2) is 33.4 Å². The SMILES string of the molecule is CCOCC(C)n1nnnc1-c1ccc(N)c(C)c1. The van der Waals surface area contributed by atoms with E-state index < -0.39 is 0 Å². The third-order valence-electron chi connectivity index (χ3n) is 3.00. The second-order valence-electron chi connectivity index (χ2n) is 4.53. The first kappa shape index (κ1) is 13.5. The van der Waals surface area contributed by atoms with E-state index in [9.17, 15) is 0 Å². The highest BCUT2D eigenvalue weighted by Crippen LogP contribution is 2.23. The van der Waals surface area contributed by atoms with Gasteiger partial charge in [0.25, 0.3) is 0 Å². The number of ether oxygens (including phenoxy) is 1. The number of hydrogen-bond donors (Lipinski definition) is 1. The number of hydrogen-bond acceptors (Lipinski definition) is 5. The standard InChI is InChI=1S/C13H19N5O/c1-4-19-8-10(3)18-13(15-16-17-18)11-5-6-12(14)9(2)7-11/h5-7,10H,4,8,14H2,1-3H3. The molecular formula is C13H19N5O. The Morgan fingerprint density at radius 3 is 2.89 bits per heavy atom. The van der Waals surface area contributed by atoms with Crippen molar-refractivity contribution in [2.45, 2.75) is 26.8 Å². The molecule has 0 fully saturated rings. The van der Waals surface area contributed by atoms with Gasteiger partial charge in [-0.25, -0.2) is 4.68 Å². The Bertz CT molecular complexity index is 552. The number of benzene rings is 1. The molecule has 2 rings (SSSR count). The summed E-state index contributed by atoms with van der Waals surface area (Å²) in [5.74, 6) is 0.732. The van der Waals surface area contributed by atoms with Crippen LogP contribution in [0.3, 0.4) is 0 Å². The summed E-state index contributed by atoms with van der Waals surface area (Å²) in [6.07, 6.45) is 0. The molecule has 0 saturated carbocycles. The second-order valence-corrected chi connectivity index (χ2v) is 4.53. The zero-order valence-corrected chi connectivity index (χ0v) is 11.5. The lowest BCUT2D eigenvalue weighted by atomic mass is 10.1. The van der Waals surface area contributed by atoms with Crippen LogP contribution in [0.1, 0.15) is 25.5 Å². The van der Waals surface area contributed by atoms with Gasteiger partial charge in [0.2, 0.25) is 0 Å². The molecule has 2 N–H and O–H groups in total. The molecule has 0 aliphatic heterocycles. The third-order valence-corrected chi connectivity index (χ3v) is 3.00. The smallest absolute Gasteiger partial charge is 0.182 e. The van der Waals surface area contributed by atoms with E-state index in [2.05, 4.69) is 15.5 Å². The summed E-state index contributed by atoms with van der Waals surface area (Å²) in [5, 5.41) is 11.9. The van der Waals surface area contributed by atoms with Crippen LogP contribution in [0.25, 0.3) is 11.4 Å². The number of rotatable bonds is 5. The Morgan fingerprint density at radius 1 is 1.42 bits per heavy atom. The molecule has 0 bridgehead atoms. The van der Waals surface area contributed by atoms with Crippen molar-refractivity contribution in [2.75, 3.05) is 18.9 Å². The van der Waals surface area contributed by atoms with Gasteiger partial charge in [0.1, 0.15) is 0 Å². The Hall–Kier alpha value is -1.95. The van der Waals surface area contributed by atoms with Crippen molar-refractivity contribution in [1.29, 1.82) is 0 Å². The molecule has 0 radical (unpaired) electrons. The Kier molecular flexibility index (Phi) is 4.11. The molecule has 1 unspecified atom stereocenters. The molecule has 0 saturated heterocycles. The van der Waals surface area contributed by atoms with Crippen molar-refractivity contribution in [1.82, 2.24) is 20.2 Å². The minimum absolute atomic E-state index is 0.0859. The first-order chi connectivity index (χ1) is 9.13. The van der Waals surface area contributed by atoms with Crippen molar-refractivity contribution in [2.24, 2.45) is 0 Å². The quantitative estimate of drug-likeness (QED) is 0.831. The minimum Gasteiger partial charge on any atom is -0.399 e. The number of tetrazole rings is 1. The van der Waals surface area contributed by atoms with Gasteiger partial charge in [-0.05, 0) is 55.0 Å². The number of nitrogens with two attached hydrogens (primary N) is 1. The molecule has 19 heavy (non-hydrogen) atoms. The van der Waals surface area contributed by atoms with Gasteiger partial charge in [0.15, 0.2) is 5.82 Å². The molecule has 0 aliphatic carbocycles. The number of nitrogens with zero attached hydrogens (tertiary/aromatic N) is 4. The van der Waals surface area contributed by atoms with E-state index >= 15 is 0 Å². The molecule has 1 atom stereocenters. The highest BCUT2D eigenvalue weighted by Gasteiger charge is 2.15. The molecule has 1 heterocycles. The third kappa shape index (κ3) is 2.90. The molecule has 6 nitrogen and oxygen atoms in total. The van der Waals surface area contributed by atoms with Gasteiger partial charge < -0.3 is 10.5 Å². The first-order valence-electron chi connectivity index (χ1n) is 6.35. The maximum atomic E-state index is 5.83. The predicted octanol–water partition coefficient (Wildman–Crippen LogP) is 1.83. The molecule has 2 aromatic rings. The maximum absolute atomic E-state index is 5.83. The van der Waals surface area contributed by atoms with E-state index in [4.69, 9.17) is 10.5 Å². The second kappa shape index (κ2) is 5.79. The summed E-state index contributed by atoms with van der Waals surface area (Å²) in [6, 6.07) is 5.88. The van der Waals surface area contributed by atoms with Gasteiger partial charge in [-0.3, -0.25) is 0 Å². The molecule has 0 amide bonds. The van der Waals surface area contributed by atoms with Crippen molar-refractivity contribution in [3.8, 4) is 11.4 Å². The summed E-state index contributed by atoms with van der Waals surface area (Å²) in [6.45, 7) is 7.23. The summed E-state index contributed by atoms with van der Waals surface area (Å²) >= 11 is 0. The van der Waals surface area contributed by atoms with Crippen molar-refractivity contribution >= 4 is 5.69 Å². The van der Waals surface area contributed by atoms with Gasteiger partial charge in [0, 0.05) is 17.9 Å².